The number of thiophene rings is 1. The van der Waals surface area contributed by atoms with Gasteiger partial charge in [-0.3, -0.25) is 4.79 Å². The summed E-state index contributed by atoms with van der Waals surface area (Å²) in [5.74, 6) is -0.741. The van der Waals surface area contributed by atoms with E-state index in [0.717, 1.165) is 25.7 Å². The zero-order chi connectivity index (χ0) is 18.7. The molecule has 8 heteroatoms. The molecule has 0 N–H and O–H groups in total. The molecule has 6 nitrogen and oxygen atoms in total. The minimum atomic E-state index is -3.06. The highest BCUT2D eigenvalue weighted by molar-refractivity contribution is 7.91. The lowest BCUT2D eigenvalue weighted by Crippen LogP contribution is -2.40. The lowest BCUT2D eigenvalue weighted by molar-refractivity contribution is -0.134. The van der Waals surface area contributed by atoms with Gasteiger partial charge in [0.15, 0.2) is 16.4 Å². The molecule has 0 radical (unpaired) electrons. The predicted octanol–water partition coefficient (Wildman–Crippen LogP) is 2.21. The van der Waals surface area contributed by atoms with Crippen LogP contribution in [0.25, 0.3) is 0 Å². The van der Waals surface area contributed by atoms with Crippen LogP contribution in [0.5, 0.6) is 0 Å². The molecule has 1 aliphatic heterocycles. The molecule has 1 aromatic rings. The fourth-order valence-corrected chi connectivity index (χ4v) is 6.45. The first-order chi connectivity index (χ1) is 12.4. The minimum Gasteiger partial charge on any atom is -0.451 e. The van der Waals surface area contributed by atoms with Crippen molar-refractivity contribution < 1.29 is 22.7 Å². The average molecular weight is 400 g/mol. The summed E-state index contributed by atoms with van der Waals surface area (Å²) in [4.78, 5) is 27.7. The maximum atomic E-state index is 12.3. The molecule has 0 aromatic carbocycles. The van der Waals surface area contributed by atoms with E-state index >= 15 is 0 Å². The van der Waals surface area contributed by atoms with Gasteiger partial charge in [-0.05, 0) is 43.7 Å². The number of carbonyl (C=O) groups is 2. The van der Waals surface area contributed by atoms with Crippen molar-refractivity contribution in [1.82, 2.24) is 4.90 Å². The molecular weight excluding hydrogens is 374 g/mol. The minimum absolute atomic E-state index is 0.0131. The van der Waals surface area contributed by atoms with Crippen molar-refractivity contribution in [1.29, 1.82) is 0 Å². The fourth-order valence-electron chi connectivity index (χ4n) is 3.53. The van der Waals surface area contributed by atoms with Crippen molar-refractivity contribution in [3.63, 3.8) is 0 Å². The predicted molar refractivity (Wildman–Crippen MR) is 100 cm³/mol. The normalized spacial score (nSPS) is 22.1. The number of hydrogen-bond donors (Lipinski definition) is 0. The van der Waals surface area contributed by atoms with E-state index in [1.165, 1.54) is 39.5 Å². The van der Waals surface area contributed by atoms with Gasteiger partial charge in [-0.1, -0.05) is 12.8 Å². The molecule has 0 spiro atoms. The number of rotatable bonds is 4. The van der Waals surface area contributed by atoms with Crippen LogP contribution < -0.4 is 0 Å². The Labute approximate surface area is 158 Å². The lowest BCUT2D eigenvalue weighted by atomic mass is 10.00. The summed E-state index contributed by atoms with van der Waals surface area (Å²) in [5.41, 5.74) is 1.24. The third-order valence-electron chi connectivity index (χ3n) is 5.17. The second-order valence-corrected chi connectivity index (χ2v) is 10.5. The zero-order valence-corrected chi connectivity index (χ0v) is 16.7. The standard InChI is InChI=1S/C18H25NO5S2/c1-19(14-8-9-26(22,23)12-14)17(20)11-24-18(21)16-10-13-6-4-2-3-5-7-15(13)25-16/h10,14H,2-9,11-12H2,1H3. The van der Waals surface area contributed by atoms with Gasteiger partial charge in [0.05, 0.1) is 11.5 Å². The van der Waals surface area contributed by atoms with Crippen LogP contribution in [0.15, 0.2) is 6.07 Å². The van der Waals surface area contributed by atoms with Gasteiger partial charge < -0.3 is 9.64 Å². The van der Waals surface area contributed by atoms with Crippen LogP contribution in [0.3, 0.4) is 0 Å². The number of carbonyl (C=O) groups excluding carboxylic acids is 2. The van der Waals surface area contributed by atoms with Crippen LogP contribution in [0.4, 0.5) is 0 Å². The Kier molecular flexibility index (Phi) is 6.02. The van der Waals surface area contributed by atoms with Crippen LogP contribution in [-0.2, 0) is 32.2 Å². The molecule has 2 heterocycles. The molecule has 0 bridgehead atoms. The molecule has 1 fully saturated rings. The van der Waals surface area contributed by atoms with Gasteiger partial charge in [-0.25, -0.2) is 13.2 Å². The molecule has 1 saturated heterocycles. The number of sulfone groups is 1. The largest absolute Gasteiger partial charge is 0.451 e. The zero-order valence-electron chi connectivity index (χ0n) is 15.0. The number of hydrogen-bond acceptors (Lipinski definition) is 6. The van der Waals surface area contributed by atoms with Crippen LogP contribution in [0.2, 0.25) is 0 Å². The number of ether oxygens (including phenoxy) is 1. The molecular formula is C18H25NO5S2. The highest BCUT2D eigenvalue weighted by Crippen LogP contribution is 2.29. The number of likely N-dealkylation sites (N-methyl/N-ethyl adjacent to an activating group) is 1. The van der Waals surface area contributed by atoms with Crippen molar-refractivity contribution in [2.45, 2.75) is 51.0 Å². The first-order valence-corrected chi connectivity index (χ1v) is 11.7. The van der Waals surface area contributed by atoms with Crippen molar-refractivity contribution in [3.8, 4) is 0 Å². The Bertz CT molecular complexity index is 758. The Morgan fingerprint density at radius 1 is 1.23 bits per heavy atom. The third-order valence-corrected chi connectivity index (χ3v) is 8.14. The van der Waals surface area contributed by atoms with Crippen molar-refractivity contribution in [3.05, 3.63) is 21.4 Å². The topological polar surface area (TPSA) is 80.8 Å². The van der Waals surface area contributed by atoms with Crippen molar-refractivity contribution in [2.24, 2.45) is 0 Å². The molecule has 1 aliphatic carbocycles. The number of fused-ring (bicyclic) bond motifs is 1. The molecule has 26 heavy (non-hydrogen) atoms. The van der Waals surface area contributed by atoms with Gasteiger partial charge in [0, 0.05) is 18.0 Å². The smallest absolute Gasteiger partial charge is 0.348 e. The third kappa shape index (κ3) is 4.65. The summed E-state index contributed by atoms with van der Waals surface area (Å²) in [5, 5.41) is 0. The summed E-state index contributed by atoms with van der Waals surface area (Å²) in [6, 6.07) is 1.58. The molecule has 0 saturated carbocycles. The van der Waals surface area contributed by atoms with Crippen LogP contribution in [0, 0.1) is 0 Å². The van der Waals surface area contributed by atoms with Crippen molar-refractivity contribution >= 4 is 33.1 Å². The quantitative estimate of drug-likeness (QED) is 0.725. The van der Waals surface area contributed by atoms with E-state index in [1.807, 2.05) is 6.07 Å². The van der Waals surface area contributed by atoms with Gasteiger partial charge in [0.2, 0.25) is 0 Å². The van der Waals surface area contributed by atoms with Crippen LogP contribution >= 0.6 is 11.3 Å². The molecule has 1 unspecified atom stereocenters. The number of amides is 1. The number of esters is 1. The number of nitrogens with zero attached hydrogens (tertiary/aromatic N) is 1. The Morgan fingerprint density at radius 2 is 1.96 bits per heavy atom. The SMILES string of the molecule is CN(C(=O)COC(=O)c1cc2c(s1)CCCCCC2)C1CCS(=O)(=O)C1. The first-order valence-electron chi connectivity index (χ1n) is 9.10. The highest BCUT2D eigenvalue weighted by Gasteiger charge is 2.33. The Hall–Kier alpha value is -1.41. The summed E-state index contributed by atoms with van der Waals surface area (Å²) >= 11 is 1.47. The second-order valence-electron chi connectivity index (χ2n) is 7.11. The Morgan fingerprint density at radius 3 is 2.65 bits per heavy atom. The molecule has 3 rings (SSSR count). The molecule has 1 aromatic heterocycles. The van der Waals surface area contributed by atoms with Crippen molar-refractivity contribution in [2.75, 3.05) is 25.2 Å². The van der Waals surface area contributed by atoms with E-state index in [0.29, 0.717) is 11.3 Å². The maximum absolute atomic E-state index is 12.3. The van der Waals surface area contributed by atoms with E-state index in [2.05, 4.69) is 0 Å². The van der Waals surface area contributed by atoms with Crippen LogP contribution in [-0.4, -0.2) is 56.4 Å². The second kappa shape index (κ2) is 8.08. The van der Waals surface area contributed by atoms with E-state index in [-0.39, 0.29) is 30.1 Å². The highest BCUT2D eigenvalue weighted by atomic mass is 32.2. The van der Waals surface area contributed by atoms with E-state index in [4.69, 9.17) is 4.74 Å². The maximum Gasteiger partial charge on any atom is 0.348 e. The molecule has 1 amide bonds. The molecule has 1 atom stereocenters. The molecule has 144 valence electrons. The van der Waals surface area contributed by atoms with E-state index < -0.39 is 15.8 Å². The van der Waals surface area contributed by atoms with Gasteiger partial charge in [0.25, 0.3) is 5.91 Å². The van der Waals surface area contributed by atoms with Crippen LogP contribution in [0.1, 0.15) is 52.2 Å². The summed E-state index contributed by atoms with van der Waals surface area (Å²) in [6.45, 7) is -0.353. The Balaban J connectivity index is 1.55. The van der Waals surface area contributed by atoms with E-state index in [1.54, 1.807) is 7.05 Å². The lowest BCUT2D eigenvalue weighted by Gasteiger charge is -2.23. The average Bonchev–Trinajstić information content (AvgIpc) is 3.14. The summed E-state index contributed by atoms with van der Waals surface area (Å²) in [6.07, 6.45) is 7.20. The fraction of sp³-hybridized carbons (Fsp3) is 0.667. The summed E-state index contributed by atoms with van der Waals surface area (Å²) < 4.78 is 28.3. The van der Waals surface area contributed by atoms with Gasteiger partial charge >= 0.3 is 5.97 Å². The van der Waals surface area contributed by atoms with Gasteiger partial charge in [0.1, 0.15) is 4.88 Å². The van der Waals surface area contributed by atoms with E-state index in [9.17, 15) is 18.0 Å². The number of aryl methyl sites for hydroxylation is 2. The monoisotopic (exact) mass is 399 g/mol. The summed E-state index contributed by atoms with van der Waals surface area (Å²) in [7, 11) is -1.49. The van der Waals surface area contributed by atoms with Gasteiger partial charge in [-0.2, -0.15) is 0 Å². The van der Waals surface area contributed by atoms with Gasteiger partial charge in [-0.15, -0.1) is 11.3 Å². The first kappa shape index (κ1) is 19.4. The molecule has 2 aliphatic rings.